The van der Waals surface area contributed by atoms with Crippen LogP contribution in [0.3, 0.4) is 0 Å². The largest absolute Gasteiger partial charge is 0.493 e. The number of nitrogens with zero attached hydrogens (tertiary/aromatic N) is 5. The Morgan fingerprint density at radius 2 is 2.10 bits per heavy atom. The van der Waals surface area contributed by atoms with Gasteiger partial charge in [-0.05, 0) is 43.5 Å². The Balaban J connectivity index is 1.47. The first-order chi connectivity index (χ1) is 19.2. The Kier molecular flexibility index (Phi) is 7.51. The lowest BCUT2D eigenvalue weighted by Crippen LogP contribution is -2.20. The fraction of sp³-hybridized carbons (Fsp3) is 0.280. The normalized spacial score (nSPS) is 14.2. The monoisotopic (exact) mass is 571 g/mol. The van der Waals surface area contributed by atoms with Gasteiger partial charge in [0.05, 0.1) is 17.9 Å². The molecule has 5 rings (SSSR count). The Morgan fingerprint density at radius 1 is 1.30 bits per heavy atom. The van der Waals surface area contributed by atoms with Crippen molar-refractivity contribution in [2.75, 3.05) is 5.32 Å². The number of fused-ring (bicyclic) bond motifs is 1. The summed E-state index contributed by atoms with van der Waals surface area (Å²) in [6.45, 7) is -0.572. The highest BCUT2D eigenvalue weighted by Gasteiger charge is 2.21. The quantitative estimate of drug-likeness (QED) is 0.207. The van der Waals surface area contributed by atoms with Gasteiger partial charge in [-0.1, -0.05) is 11.6 Å². The van der Waals surface area contributed by atoms with Gasteiger partial charge in [-0.25, -0.2) is 18.7 Å². The zero-order valence-electron chi connectivity index (χ0n) is 20.8. The van der Waals surface area contributed by atoms with Gasteiger partial charge in [-0.3, -0.25) is 14.6 Å². The van der Waals surface area contributed by atoms with E-state index in [1.165, 1.54) is 35.0 Å². The number of benzene rings is 1. The summed E-state index contributed by atoms with van der Waals surface area (Å²) in [5.41, 5.74) is 0.161. The molecule has 40 heavy (non-hydrogen) atoms. The summed E-state index contributed by atoms with van der Waals surface area (Å²) in [4.78, 5) is 46.5. The third-order valence-electron chi connectivity index (χ3n) is 5.94. The summed E-state index contributed by atoms with van der Waals surface area (Å²) < 4.78 is 21.7. The van der Waals surface area contributed by atoms with Crippen LogP contribution in [0.25, 0.3) is 11.7 Å². The van der Waals surface area contributed by atoms with Crippen LogP contribution < -0.4 is 21.7 Å². The number of H-pyrrole nitrogens is 1. The SMILES string of the molecule is O=C(O)CCCC(=O)OCn1c(O)c(/C=c2\cnn3c(=NC4CC4)cc(Nc4cc(Cl)ccc4F)nc23)[nH]c1=O. The minimum atomic E-state index is -1.04. The van der Waals surface area contributed by atoms with Crippen LogP contribution in [0.2, 0.25) is 5.02 Å². The molecule has 4 N–H and O–H groups in total. The summed E-state index contributed by atoms with van der Waals surface area (Å²) >= 11 is 6.02. The predicted molar refractivity (Wildman–Crippen MR) is 139 cm³/mol. The molecule has 0 atom stereocenters. The molecule has 0 unspecified atom stereocenters. The van der Waals surface area contributed by atoms with Crippen molar-refractivity contribution in [2.24, 2.45) is 4.99 Å². The van der Waals surface area contributed by atoms with Crippen molar-refractivity contribution in [1.29, 1.82) is 0 Å². The fourth-order valence-corrected chi connectivity index (χ4v) is 3.96. The zero-order chi connectivity index (χ0) is 28.4. The Bertz CT molecular complexity index is 1790. The summed E-state index contributed by atoms with van der Waals surface area (Å²) in [6, 6.07) is 5.85. The van der Waals surface area contributed by atoms with Crippen molar-refractivity contribution < 1.29 is 28.9 Å². The average molecular weight is 572 g/mol. The van der Waals surface area contributed by atoms with Crippen LogP contribution in [0, 0.1) is 5.82 Å². The molecular formula is C25H23ClFN7O6. The number of esters is 1. The van der Waals surface area contributed by atoms with Crippen molar-refractivity contribution in [3.63, 3.8) is 0 Å². The van der Waals surface area contributed by atoms with E-state index < -0.39 is 36.1 Å². The number of hydrogen-bond donors (Lipinski definition) is 4. The molecule has 1 saturated carbocycles. The number of carboxylic acid groups (broad SMARTS) is 1. The molecule has 0 radical (unpaired) electrons. The minimum absolute atomic E-state index is 0.00329. The number of imidazole rings is 1. The number of aliphatic carboxylic acids is 1. The van der Waals surface area contributed by atoms with Crippen molar-refractivity contribution in [2.45, 2.75) is 44.9 Å². The van der Waals surface area contributed by atoms with E-state index in [2.05, 4.69) is 25.4 Å². The van der Waals surface area contributed by atoms with Gasteiger partial charge in [-0.2, -0.15) is 9.61 Å². The highest BCUT2D eigenvalue weighted by atomic mass is 35.5. The number of carbonyl (C=O) groups is 2. The molecule has 1 aliphatic carbocycles. The van der Waals surface area contributed by atoms with Crippen LogP contribution in [-0.2, 0) is 21.1 Å². The molecule has 1 fully saturated rings. The summed E-state index contributed by atoms with van der Waals surface area (Å²) in [7, 11) is 0. The standard InChI is InChI=1S/C25H23ClFN7O6/c26-14-4-7-16(27)17(9-14)30-19-10-20(29-15-5-6-15)34-23(32-19)13(11-28-34)8-18-24(38)33(25(39)31-18)12-40-22(37)3-1-2-21(35)36/h4,7-11,15,30,38H,1-3,5-6,12H2,(H,31,39)(H,35,36)/b13-8+,29-20?. The maximum atomic E-state index is 14.4. The van der Waals surface area contributed by atoms with Crippen molar-refractivity contribution in [1.82, 2.24) is 24.1 Å². The lowest BCUT2D eigenvalue weighted by Gasteiger charge is -2.08. The highest BCUT2D eigenvalue weighted by Crippen LogP contribution is 2.24. The zero-order valence-corrected chi connectivity index (χ0v) is 21.6. The molecule has 208 valence electrons. The lowest BCUT2D eigenvalue weighted by molar-refractivity contribution is -0.148. The number of ether oxygens (including phenoxy) is 1. The van der Waals surface area contributed by atoms with Gasteiger partial charge in [-0.15, -0.1) is 0 Å². The molecule has 3 aromatic heterocycles. The van der Waals surface area contributed by atoms with Gasteiger partial charge in [0.1, 0.15) is 17.3 Å². The number of carboxylic acids is 1. The van der Waals surface area contributed by atoms with E-state index in [1.54, 1.807) is 6.07 Å². The maximum Gasteiger partial charge on any atom is 0.331 e. The minimum Gasteiger partial charge on any atom is -0.493 e. The number of aromatic hydroxyl groups is 1. The van der Waals surface area contributed by atoms with Crippen LogP contribution >= 0.6 is 11.6 Å². The second-order valence-electron chi connectivity index (χ2n) is 9.08. The fourth-order valence-electron chi connectivity index (χ4n) is 3.79. The number of aromatic amines is 1. The third-order valence-corrected chi connectivity index (χ3v) is 6.18. The summed E-state index contributed by atoms with van der Waals surface area (Å²) in [5.74, 6) is -2.51. The number of hydrogen-bond acceptors (Lipinski definition) is 9. The first-order valence-corrected chi connectivity index (χ1v) is 12.6. The Morgan fingerprint density at radius 3 is 2.85 bits per heavy atom. The van der Waals surface area contributed by atoms with Gasteiger partial charge >= 0.3 is 17.6 Å². The molecule has 0 amide bonds. The van der Waals surface area contributed by atoms with Crippen LogP contribution in [0.4, 0.5) is 15.9 Å². The van der Waals surface area contributed by atoms with Gasteiger partial charge in [0.2, 0.25) is 5.88 Å². The molecular weight excluding hydrogens is 549 g/mol. The van der Waals surface area contributed by atoms with E-state index >= 15 is 0 Å². The number of nitrogens with one attached hydrogen (secondary N) is 2. The molecule has 0 bridgehead atoms. The molecule has 1 aromatic carbocycles. The molecule has 4 aromatic rings. The van der Waals surface area contributed by atoms with Crippen molar-refractivity contribution in [3.05, 3.63) is 68.2 Å². The van der Waals surface area contributed by atoms with Crippen molar-refractivity contribution >= 4 is 46.8 Å². The highest BCUT2D eigenvalue weighted by molar-refractivity contribution is 6.30. The molecule has 13 nitrogen and oxygen atoms in total. The molecule has 0 aliphatic heterocycles. The second kappa shape index (κ2) is 11.2. The Hall–Kier alpha value is -4.72. The van der Waals surface area contributed by atoms with Crippen LogP contribution in [0.15, 0.2) is 40.2 Å². The van der Waals surface area contributed by atoms with E-state index in [4.69, 9.17) is 21.4 Å². The summed E-state index contributed by atoms with van der Waals surface area (Å²) in [6.07, 6.45) is 4.50. The number of halogens is 2. The molecule has 0 saturated heterocycles. The number of anilines is 2. The van der Waals surface area contributed by atoms with E-state index in [9.17, 15) is 23.9 Å². The van der Waals surface area contributed by atoms with E-state index in [-0.39, 0.29) is 42.5 Å². The van der Waals surface area contributed by atoms with Gasteiger partial charge in [0.15, 0.2) is 17.9 Å². The third kappa shape index (κ3) is 6.12. The topological polar surface area (TPSA) is 176 Å². The average Bonchev–Trinajstić information content (AvgIpc) is 3.56. The number of aromatic nitrogens is 5. The number of rotatable bonds is 10. The lowest BCUT2D eigenvalue weighted by atomic mass is 10.2. The van der Waals surface area contributed by atoms with Crippen LogP contribution in [0.1, 0.15) is 37.8 Å². The first-order valence-electron chi connectivity index (χ1n) is 12.2. The molecule has 1 aliphatic rings. The van der Waals surface area contributed by atoms with Crippen LogP contribution in [-0.4, -0.2) is 52.3 Å². The van der Waals surface area contributed by atoms with E-state index in [0.29, 0.717) is 21.4 Å². The van der Waals surface area contributed by atoms with E-state index in [1.807, 2.05) is 0 Å². The van der Waals surface area contributed by atoms with Gasteiger partial charge in [0, 0.05) is 29.1 Å². The molecule has 15 heteroatoms. The van der Waals surface area contributed by atoms with E-state index in [0.717, 1.165) is 17.4 Å². The Labute approximate surface area is 229 Å². The molecule has 0 spiro atoms. The predicted octanol–water partition coefficient (Wildman–Crippen LogP) is 1.83. The number of carbonyl (C=O) groups excluding carboxylic acids is 1. The summed E-state index contributed by atoms with van der Waals surface area (Å²) in [5, 5.41) is 27.3. The van der Waals surface area contributed by atoms with Gasteiger partial charge in [0.25, 0.3) is 0 Å². The van der Waals surface area contributed by atoms with Crippen LogP contribution in [0.5, 0.6) is 5.88 Å². The second-order valence-corrected chi connectivity index (χ2v) is 9.51. The molecule has 3 heterocycles. The van der Waals surface area contributed by atoms with Crippen molar-refractivity contribution in [3.8, 4) is 5.88 Å². The maximum absolute atomic E-state index is 14.4. The van der Waals surface area contributed by atoms with Gasteiger partial charge < -0.3 is 25.3 Å². The first kappa shape index (κ1) is 26.9. The smallest absolute Gasteiger partial charge is 0.331 e.